The Balaban J connectivity index is 1.82. The zero-order valence-electron chi connectivity index (χ0n) is 19.7. The van der Waals surface area contributed by atoms with Crippen LogP contribution in [0, 0.1) is 5.92 Å². The maximum Gasteiger partial charge on any atom is 0.246 e. The molecule has 1 aliphatic heterocycles. The third kappa shape index (κ3) is 5.64. The Bertz CT molecular complexity index is 981. The molecule has 2 heterocycles. The van der Waals surface area contributed by atoms with Gasteiger partial charge in [0.25, 0.3) is 0 Å². The molecular formula is C25H33N5O3. The Morgan fingerprint density at radius 3 is 2.58 bits per heavy atom. The molecule has 2 aromatic rings. The Morgan fingerprint density at radius 1 is 1.21 bits per heavy atom. The highest BCUT2D eigenvalue weighted by molar-refractivity contribution is 6.05. The van der Waals surface area contributed by atoms with E-state index in [0.29, 0.717) is 18.8 Å². The topological polar surface area (TPSA) is 103 Å². The Labute approximate surface area is 195 Å². The molecule has 8 nitrogen and oxygen atoms in total. The molecule has 0 radical (unpaired) electrons. The van der Waals surface area contributed by atoms with E-state index in [1.807, 2.05) is 56.3 Å². The van der Waals surface area contributed by atoms with E-state index >= 15 is 0 Å². The molecule has 1 aromatic heterocycles. The minimum atomic E-state index is -0.805. The summed E-state index contributed by atoms with van der Waals surface area (Å²) in [5, 5.41) is 9.18. The summed E-state index contributed by atoms with van der Waals surface area (Å²) >= 11 is 0. The smallest absolute Gasteiger partial charge is 0.246 e. The van der Waals surface area contributed by atoms with E-state index in [1.54, 1.807) is 20.2 Å². The van der Waals surface area contributed by atoms with Gasteiger partial charge in [-0.1, -0.05) is 50.2 Å². The fourth-order valence-electron chi connectivity index (χ4n) is 3.89. The van der Waals surface area contributed by atoms with Gasteiger partial charge in [0.1, 0.15) is 18.1 Å². The van der Waals surface area contributed by atoms with Gasteiger partial charge in [-0.05, 0) is 37.1 Å². The molecule has 1 unspecified atom stereocenters. The number of aromatic nitrogens is 1. The number of pyridine rings is 1. The van der Waals surface area contributed by atoms with Crippen molar-refractivity contribution in [1.29, 1.82) is 0 Å². The molecule has 8 heteroatoms. The molecule has 0 spiro atoms. The van der Waals surface area contributed by atoms with Crippen LogP contribution >= 0.6 is 0 Å². The first kappa shape index (κ1) is 24.5. The van der Waals surface area contributed by atoms with Gasteiger partial charge in [0.2, 0.25) is 11.8 Å². The van der Waals surface area contributed by atoms with Crippen LogP contribution in [0.25, 0.3) is 0 Å². The van der Waals surface area contributed by atoms with Crippen LogP contribution < -0.4 is 20.9 Å². The highest BCUT2D eigenvalue weighted by Gasteiger charge is 2.42. The van der Waals surface area contributed by atoms with E-state index in [4.69, 9.17) is 0 Å². The second kappa shape index (κ2) is 10.7. The molecule has 0 aliphatic carbocycles. The molecule has 2 amide bonds. The van der Waals surface area contributed by atoms with Crippen molar-refractivity contribution in [3.63, 3.8) is 0 Å². The van der Waals surface area contributed by atoms with Crippen molar-refractivity contribution in [3.8, 4) is 0 Å². The lowest BCUT2D eigenvalue weighted by atomic mass is 9.99. The van der Waals surface area contributed by atoms with Crippen molar-refractivity contribution < 1.29 is 14.4 Å². The van der Waals surface area contributed by atoms with E-state index in [1.165, 1.54) is 4.90 Å². The zero-order chi connectivity index (χ0) is 24.0. The van der Waals surface area contributed by atoms with E-state index in [-0.39, 0.29) is 24.3 Å². The van der Waals surface area contributed by atoms with Crippen molar-refractivity contribution in [2.45, 2.75) is 51.4 Å². The van der Waals surface area contributed by atoms with E-state index < -0.39 is 17.6 Å². The standard InChI is InChI=1S/C25H33N5O3/c1-17(2)21(29-15-25(3,16-31)26-4)24(33)30-20(13-19-11-8-12-27-22(19)30)23(32)28-14-18-9-6-5-7-10-18/h5-12,16-17,20-21,26,29H,13-15H2,1-4H3,(H,28,32)/t20-,21-,25?/m0/s1. The second-order valence-electron chi connectivity index (χ2n) is 9.01. The minimum absolute atomic E-state index is 0.0638. The normalized spacial score (nSPS) is 17.8. The number of rotatable bonds is 10. The number of aldehydes is 1. The van der Waals surface area contributed by atoms with Crippen molar-refractivity contribution >= 4 is 23.9 Å². The molecular weight excluding hydrogens is 418 g/mol. The first-order chi connectivity index (χ1) is 15.8. The lowest BCUT2D eigenvalue weighted by Gasteiger charge is -2.32. The van der Waals surface area contributed by atoms with Gasteiger partial charge in [0.15, 0.2) is 0 Å². The third-order valence-corrected chi connectivity index (χ3v) is 6.12. The molecule has 3 atom stereocenters. The molecule has 3 rings (SSSR count). The first-order valence-electron chi connectivity index (χ1n) is 11.3. The predicted molar refractivity (Wildman–Crippen MR) is 128 cm³/mol. The van der Waals surface area contributed by atoms with Crippen molar-refractivity contribution in [2.24, 2.45) is 5.92 Å². The SMILES string of the molecule is CNC(C)(C=O)CN[C@H](C(=O)N1c2ncccc2C[C@H]1C(=O)NCc1ccccc1)C(C)C. The highest BCUT2D eigenvalue weighted by atomic mass is 16.2. The van der Waals surface area contributed by atoms with Crippen molar-refractivity contribution in [3.05, 3.63) is 59.8 Å². The highest BCUT2D eigenvalue weighted by Crippen LogP contribution is 2.31. The predicted octanol–water partition coefficient (Wildman–Crippen LogP) is 1.45. The van der Waals surface area contributed by atoms with Gasteiger partial charge in [-0.2, -0.15) is 0 Å². The molecule has 3 N–H and O–H groups in total. The van der Waals surface area contributed by atoms with Crippen LogP contribution in [0.15, 0.2) is 48.7 Å². The van der Waals surface area contributed by atoms with Crippen LogP contribution in [-0.4, -0.2) is 54.3 Å². The number of fused-ring (bicyclic) bond motifs is 1. The summed E-state index contributed by atoms with van der Waals surface area (Å²) in [6.07, 6.45) is 2.86. The Kier molecular flexibility index (Phi) is 7.94. The van der Waals surface area contributed by atoms with Gasteiger partial charge in [-0.25, -0.2) is 4.98 Å². The number of anilines is 1. The summed E-state index contributed by atoms with van der Waals surface area (Å²) in [4.78, 5) is 44.4. The maximum absolute atomic E-state index is 13.8. The summed E-state index contributed by atoms with van der Waals surface area (Å²) in [6, 6.07) is 12.1. The molecule has 1 aliphatic rings. The van der Waals surface area contributed by atoms with Gasteiger partial charge in [-0.15, -0.1) is 0 Å². The third-order valence-electron chi connectivity index (χ3n) is 6.12. The second-order valence-corrected chi connectivity index (χ2v) is 9.01. The average molecular weight is 452 g/mol. The fourth-order valence-corrected chi connectivity index (χ4v) is 3.89. The quantitative estimate of drug-likeness (QED) is 0.473. The number of carbonyl (C=O) groups excluding carboxylic acids is 3. The van der Waals surface area contributed by atoms with Crippen LogP contribution in [0.2, 0.25) is 0 Å². The molecule has 1 aromatic carbocycles. The number of nitrogens with zero attached hydrogens (tertiary/aromatic N) is 2. The summed E-state index contributed by atoms with van der Waals surface area (Å²) in [7, 11) is 1.70. The first-order valence-corrected chi connectivity index (χ1v) is 11.3. The summed E-state index contributed by atoms with van der Waals surface area (Å²) in [5.41, 5.74) is 1.04. The zero-order valence-corrected chi connectivity index (χ0v) is 19.7. The van der Waals surface area contributed by atoms with Crippen molar-refractivity contribution in [2.75, 3.05) is 18.5 Å². The number of benzene rings is 1. The Hall–Kier alpha value is -3.10. The van der Waals surface area contributed by atoms with E-state index in [9.17, 15) is 14.4 Å². The molecule has 0 saturated heterocycles. The van der Waals surface area contributed by atoms with Gasteiger partial charge < -0.3 is 20.7 Å². The monoisotopic (exact) mass is 451 g/mol. The van der Waals surface area contributed by atoms with Gasteiger partial charge in [0, 0.05) is 25.7 Å². The lowest BCUT2D eigenvalue weighted by molar-refractivity contribution is -0.127. The van der Waals surface area contributed by atoms with Crippen LogP contribution in [0.4, 0.5) is 5.82 Å². The Morgan fingerprint density at radius 2 is 1.94 bits per heavy atom. The molecule has 0 fully saturated rings. The van der Waals surface area contributed by atoms with Gasteiger partial charge in [0.05, 0.1) is 11.6 Å². The van der Waals surface area contributed by atoms with Crippen LogP contribution in [0.3, 0.4) is 0 Å². The molecule has 176 valence electrons. The minimum Gasteiger partial charge on any atom is -0.350 e. The van der Waals surface area contributed by atoms with E-state index in [0.717, 1.165) is 17.4 Å². The molecule has 0 saturated carbocycles. The number of hydrogen-bond acceptors (Lipinski definition) is 6. The fraction of sp³-hybridized carbons (Fsp3) is 0.440. The number of nitrogens with one attached hydrogen (secondary N) is 3. The largest absolute Gasteiger partial charge is 0.350 e. The summed E-state index contributed by atoms with van der Waals surface area (Å²) < 4.78 is 0. The number of carbonyl (C=O) groups is 3. The number of likely N-dealkylation sites (N-methyl/N-ethyl adjacent to an activating group) is 1. The van der Waals surface area contributed by atoms with Crippen LogP contribution in [0.1, 0.15) is 31.9 Å². The van der Waals surface area contributed by atoms with E-state index in [2.05, 4.69) is 20.9 Å². The van der Waals surface area contributed by atoms with Gasteiger partial charge in [-0.3, -0.25) is 14.5 Å². The van der Waals surface area contributed by atoms with Gasteiger partial charge >= 0.3 is 0 Å². The maximum atomic E-state index is 13.8. The van der Waals surface area contributed by atoms with Crippen LogP contribution in [-0.2, 0) is 27.3 Å². The average Bonchev–Trinajstić information content (AvgIpc) is 3.22. The molecule has 0 bridgehead atoms. The number of amides is 2. The number of hydrogen-bond donors (Lipinski definition) is 3. The van der Waals surface area contributed by atoms with Crippen molar-refractivity contribution in [1.82, 2.24) is 20.9 Å². The lowest BCUT2D eigenvalue weighted by Crippen LogP contribution is -2.59. The molecule has 33 heavy (non-hydrogen) atoms. The summed E-state index contributed by atoms with van der Waals surface area (Å²) in [6.45, 7) is 6.30. The summed E-state index contributed by atoms with van der Waals surface area (Å²) in [5.74, 6) is -0.0000424. The van der Waals surface area contributed by atoms with Crippen LogP contribution in [0.5, 0.6) is 0 Å².